The molecule has 0 saturated carbocycles. The Bertz CT molecular complexity index is 602. The summed E-state index contributed by atoms with van der Waals surface area (Å²) in [7, 11) is 1.63. The van der Waals surface area contributed by atoms with E-state index in [4.69, 9.17) is 26.8 Å². The lowest BCUT2D eigenvalue weighted by Gasteiger charge is -2.24. The molecule has 0 fully saturated rings. The normalized spacial score (nSPS) is 13.6. The summed E-state index contributed by atoms with van der Waals surface area (Å²) in [4.78, 5) is 0. The smallest absolute Gasteiger partial charge is 0.140 e. The van der Waals surface area contributed by atoms with Crippen molar-refractivity contribution < 1.29 is 9.47 Å². The number of ether oxygens (including phenoxy) is 2. The van der Waals surface area contributed by atoms with Gasteiger partial charge in [0.2, 0.25) is 0 Å². The van der Waals surface area contributed by atoms with Crippen molar-refractivity contribution in [1.29, 1.82) is 0 Å². The van der Waals surface area contributed by atoms with E-state index in [2.05, 4.69) is 15.9 Å². The molecule has 0 heterocycles. The van der Waals surface area contributed by atoms with Crippen molar-refractivity contribution >= 4 is 27.5 Å². The van der Waals surface area contributed by atoms with E-state index in [1.165, 1.54) is 0 Å². The van der Waals surface area contributed by atoms with Gasteiger partial charge in [0, 0.05) is 10.5 Å². The minimum Gasteiger partial charge on any atom is -0.497 e. The van der Waals surface area contributed by atoms with Gasteiger partial charge in [0.25, 0.3) is 0 Å². The van der Waals surface area contributed by atoms with Crippen molar-refractivity contribution in [3.8, 4) is 11.5 Å². The fraction of sp³-hybridized carbons (Fsp3) is 0.250. The van der Waals surface area contributed by atoms with E-state index >= 15 is 0 Å². The van der Waals surface area contributed by atoms with Gasteiger partial charge in [0.15, 0.2) is 0 Å². The maximum atomic E-state index is 6.17. The van der Waals surface area contributed by atoms with Crippen LogP contribution < -0.4 is 15.2 Å². The summed E-state index contributed by atoms with van der Waals surface area (Å²) in [5, 5.41) is 0.553. The molecule has 2 aromatic rings. The van der Waals surface area contributed by atoms with Gasteiger partial charge in [-0.05, 0) is 42.8 Å². The van der Waals surface area contributed by atoms with Gasteiger partial charge in [-0.3, -0.25) is 0 Å². The second-order valence-corrected chi connectivity index (χ2v) is 6.07. The van der Waals surface area contributed by atoms with Gasteiger partial charge in [-0.2, -0.15) is 0 Å². The van der Waals surface area contributed by atoms with Crippen LogP contribution >= 0.6 is 27.5 Å². The molecule has 2 rings (SSSR count). The summed E-state index contributed by atoms with van der Waals surface area (Å²) in [5.41, 5.74) is 7.04. The van der Waals surface area contributed by atoms with Crippen molar-refractivity contribution in [2.75, 3.05) is 7.11 Å². The van der Waals surface area contributed by atoms with Crippen LogP contribution in [0.15, 0.2) is 46.9 Å². The monoisotopic (exact) mass is 369 g/mol. The van der Waals surface area contributed by atoms with Gasteiger partial charge in [0.1, 0.15) is 17.6 Å². The van der Waals surface area contributed by atoms with Crippen molar-refractivity contribution in [3.63, 3.8) is 0 Å². The Morgan fingerprint density at radius 1 is 1.14 bits per heavy atom. The maximum absolute atomic E-state index is 6.17. The molecule has 2 aromatic carbocycles. The molecule has 0 spiro atoms. The fourth-order valence-electron chi connectivity index (χ4n) is 1.98. The zero-order valence-electron chi connectivity index (χ0n) is 11.8. The minimum absolute atomic E-state index is 0.187. The van der Waals surface area contributed by atoms with Crippen LogP contribution in [-0.4, -0.2) is 13.2 Å². The Morgan fingerprint density at radius 2 is 1.81 bits per heavy atom. The van der Waals surface area contributed by atoms with E-state index in [0.29, 0.717) is 10.8 Å². The van der Waals surface area contributed by atoms with Crippen LogP contribution in [0.4, 0.5) is 0 Å². The maximum Gasteiger partial charge on any atom is 0.140 e. The molecule has 0 aromatic heterocycles. The molecule has 0 aliphatic heterocycles. The lowest BCUT2D eigenvalue weighted by Crippen LogP contribution is -2.29. The molecule has 0 bridgehead atoms. The third kappa shape index (κ3) is 4.13. The molecule has 0 aliphatic carbocycles. The molecule has 0 saturated heterocycles. The zero-order chi connectivity index (χ0) is 15.4. The van der Waals surface area contributed by atoms with Crippen molar-refractivity contribution in [1.82, 2.24) is 0 Å². The van der Waals surface area contributed by atoms with Crippen LogP contribution in [0.2, 0.25) is 5.02 Å². The number of rotatable bonds is 5. The quantitative estimate of drug-likeness (QED) is 0.838. The first-order chi connectivity index (χ1) is 10.0. The SMILES string of the molecule is COc1ccc(C(Oc2cc(Br)ccc2Cl)C(C)N)cc1. The Balaban J connectivity index is 2.28. The first-order valence-corrected chi connectivity index (χ1v) is 7.69. The Morgan fingerprint density at radius 3 is 2.38 bits per heavy atom. The van der Waals surface area contributed by atoms with Crippen LogP contribution in [-0.2, 0) is 0 Å². The summed E-state index contributed by atoms with van der Waals surface area (Å²) >= 11 is 9.59. The molecule has 2 atom stereocenters. The van der Waals surface area contributed by atoms with E-state index in [1.807, 2.05) is 43.3 Å². The van der Waals surface area contributed by atoms with Crippen molar-refractivity contribution in [3.05, 3.63) is 57.5 Å². The van der Waals surface area contributed by atoms with Crippen molar-refractivity contribution in [2.45, 2.75) is 19.1 Å². The first-order valence-electron chi connectivity index (χ1n) is 6.52. The highest BCUT2D eigenvalue weighted by molar-refractivity contribution is 9.10. The van der Waals surface area contributed by atoms with Gasteiger partial charge < -0.3 is 15.2 Å². The second-order valence-electron chi connectivity index (χ2n) is 4.75. The van der Waals surface area contributed by atoms with Crippen LogP contribution in [0, 0.1) is 0 Å². The summed E-state index contributed by atoms with van der Waals surface area (Å²) in [6.45, 7) is 1.90. The van der Waals surface area contributed by atoms with Gasteiger partial charge in [-0.1, -0.05) is 39.7 Å². The Kier molecular flexibility index (Phi) is 5.51. The van der Waals surface area contributed by atoms with E-state index in [9.17, 15) is 0 Å². The molecule has 112 valence electrons. The molecule has 0 aliphatic rings. The van der Waals surface area contributed by atoms with Crippen LogP contribution in [0.5, 0.6) is 11.5 Å². The number of nitrogens with two attached hydrogens (primary N) is 1. The van der Waals surface area contributed by atoms with Gasteiger partial charge in [-0.25, -0.2) is 0 Å². The van der Waals surface area contributed by atoms with Gasteiger partial charge in [-0.15, -0.1) is 0 Å². The second kappa shape index (κ2) is 7.16. The van der Waals surface area contributed by atoms with E-state index < -0.39 is 0 Å². The highest BCUT2D eigenvalue weighted by Gasteiger charge is 2.19. The number of methoxy groups -OCH3 is 1. The average Bonchev–Trinajstić information content (AvgIpc) is 2.48. The topological polar surface area (TPSA) is 44.5 Å². The Labute approximate surface area is 138 Å². The summed E-state index contributed by atoms with van der Waals surface area (Å²) < 4.78 is 12.1. The van der Waals surface area contributed by atoms with Crippen LogP contribution in [0.1, 0.15) is 18.6 Å². The molecule has 3 nitrogen and oxygen atoms in total. The molecule has 2 N–H and O–H groups in total. The molecule has 21 heavy (non-hydrogen) atoms. The largest absolute Gasteiger partial charge is 0.497 e. The zero-order valence-corrected chi connectivity index (χ0v) is 14.2. The summed E-state index contributed by atoms with van der Waals surface area (Å²) in [6.07, 6.45) is -0.289. The van der Waals surface area contributed by atoms with Crippen molar-refractivity contribution in [2.24, 2.45) is 5.73 Å². The number of benzene rings is 2. The molecule has 2 unspecified atom stereocenters. The summed E-state index contributed by atoms with van der Waals surface area (Å²) in [5.74, 6) is 1.40. The standard InChI is InChI=1S/C16H17BrClNO2/c1-10(19)16(11-3-6-13(20-2)7-4-11)21-15-9-12(17)5-8-14(15)18/h3-10,16H,19H2,1-2H3. The number of hydrogen-bond donors (Lipinski definition) is 1. The third-order valence-electron chi connectivity index (χ3n) is 3.07. The lowest BCUT2D eigenvalue weighted by molar-refractivity contribution is 0.180. The molecule has 5 heteroatoms. The predicted molar refractivity (Wildman–Crippen MR) is 89.2 cm³/mol. The minimum atomic E-state index is -0.289. The lowest BCUT2D eigenvalue weighted by atomic mass is 10.0. The fourth-order valence-corrected chi connectivity index (χ4v) is 2.48. The van der Waals surface area contributed by atoms with E-state index in [1.54, 1.807) is 13.2 Å². The Hall–Kier alpha value is -1.23. The van der Waals surface area contributed by atoms with Crippen LogP contribution in [0.3, 0.4) is 0 Å². The van der Waals surface area contributed by atoms with E-state index in [-0.39, 0.29) is 12.1 Å². The number of halogens is 2. The molecule has 0 radical (unpaired) electrons. The van der Waals surface area contributed by atoms with Gasteiger partial charge in [0.05, 0.1) is 12.1 Å². The highest BCUT2D eigenvalue weighted by Crippen LogP contribution is 2.33. The average molecular weight is 371 g/mol. The highest BCUT2D eigenvalue weighted by atomic mass is 79.9. The molecular weight excluding hydrogens is 354 g/mol. The summed E-state index contributed by atoms with van der Waals surface area (Å²) in [6, 6.07) is 13.0. The first kappa shape index (κ1) is 16.1. The van der Waals surface area contributed by atoms with Gasteiger partial charge >= 0.3 is 0 Å². The molecular formula is C16H17BrClNO2. The predicted octanol–water partition coefficient (Wildman–Crippen LogP) is 4.58. The third-order valence-corrected chi connectivity index (χ3v) is 3.87. The molecule has 0 amide bonds. The van der Waals surface area contributed by atoms with Crippen LogP contribution in [0.25, 0.3) is 0 Å². The van der Waals surface area contributed by atoms with E-state index in [0.717, 1.165) is 15.8 Å². The number of hydrogen-bond acceptors (Lipinski definition) is 3.